The van der Waals surface area contributed by atoms with Gasteiger partial charge < -0.3 is 9.80 Å². The number of likely N-dealkylation sites (tertiary alicyclic amines) is 1. The third-order valence-electron chi connectivity index (χ3n) is 5.06. The first-order valence-corrected chi connectivity index (χ1v) is 10.3. The summed E-state index contributed by atoms with van der Waals surface area (Å²) in [4.78, 5) is 29.3. The van der Waals surface area contributed by atoms with Gasteiger partial charge in [0.05, 0.1) is 12.0 Å². The minimum absolute atomic E-state index is 0.0303. The molecule has 25 heavy (non-hydrogen) atoms. The Labute approximate surface area is 159 Å². The van der Waals surface area contributed by atoms with E-state index in [9.17, 15) is 9.59 Å². The first-order valence-electron chi connectivity index (χ1n) is 8.52. The first-order chi connectivity index (χ1) is 12.1. The van der Waals surface area contributed by atoms with Gasteiger partial charge in [0.2, 0.25) is 11.8 Å². The second-order valence-corrected chi connectivity index (χ2v) is 8.33. The zero-order valence-corrected chi connectivity index (χ0v) is 16.1. The van der Waals surface area contributed by atoms with Crippen LogP contribution in [0.25, 0.3) is 0 Å². The second-order valence-electron chi connectivity index (χ2n) is 6.63. The lowest BCUT2D eigenvalue weighted by atomic mass is 10.0. The predicted molar refractivity (Wildman–Crippen MR) is 103 cm³/mol. The Balaban J connectivity index is 1.51. The molecule has 2 amide bonds. The molecule has 0 spiro atoms. The normalized spacial score (nSPS) is 23.5. The summed E-state index contributed by atoms with van der Waals surface area (Å²) in [6.45, 7) is 1.27. The van der Waals surface area contributed by atoms with Crippen molar-refractivity contribution in [3.63, 3.8) is 0 Å². The molecule has 1 aromatic heterocycles. The summed E-state index contributed by atoms with van der Waals surface area (Å²) < 4.78 is 0.935. The molecule has 2 aliphatic rings. The minimum atomic E-state index is -0.245. The summed E-state index contributed by atoms with van der Waals surface area (Å²) in [6.07, 6.45) is 2.35. The molecule has 2 saturated heterocycles. The van der Waals surface area contributed by atoms with E-state index in [0.717, 1.165) is 29.5 Å². The topological polar surface area (TPSA) is 40.6 Å². The summed E-state index contributed by atoms with van der Waals surface area (Å²) in [6, 6.07) is 9.97. The second kappa shape index (κ2) is 6.92. The molecule has 3 heterocycles. The Morgan fingerprint density at radius 2 is 2.16 bits per heavy atom. The minimum Gasteiger partial charge on any atom is -0.335 e. The van der Waals surface area contributed by atoms with Crippen LogP contribution < -0.4 is 4.90 Å². The van der Waals surface area contributed by atoms with Gasteiger partial charge in [0.1, 0.15) is 0 Å². The fourth-order valence-corrected chi connectivity index (χ4v) is 4.94. The van der Waals surface area contributed by atoms with Crippen LogP contribution in [-0.2, 0) is 9.59 Å². The van der Waals surface area contributed by atoms with Crippen LogP contribution >= 0.6 is 27.3 Å². The van der Waals surface area contributed by atoms with Crippen molar-refractivity contribution < 1.29 is 9.59 Å². The molecule has 2 aliphatic heterocycles. The number of thiophene rings is 1. The van der Waals surface area contributed by atoms with E-state index in [1.165, 1.54) is 5.56 Å². The van der Waals surface area contributed by atoms with Gasteiger partial charge in [0.25, 0.3) is 0 Å². The number of carbonyl (C=O) groups is 2. The first kappa shape index (κ1) is 16.8. The maximum atomic E-state index is 13.1. The molecular weight excluding hydrogens is 400 g/mol. The Bertz CT molecular complexity index is 792. The highest BCUT2D eigenvalue weighted by Crippen LogP contribution is 2.36. The van der Waals surface area contributed by atoms with Gasteiger partial charge in [-0.25, -0.2) is 0 Å². The van der Waals surface area contributed by atoms with Gasteiger partial charge >= 0.3 is 0 Å². The number of hydrogen-bond donors (Lipinski definition) is 0. The van der Waals surface area contributed by atoms with Crippen LogP contribution in [0.4, 0.5) is 5.69 Å². The Morgan fingerprint density at radius 3 is 2.92 bits per heavy atom. The molecular formula is C19H19BrN2O2S. The van der Waals surface area contributed by atoms with Crippen LogP contribution in [0.1, 0.15) is 30.9 Å². The van der Waals surface area contributed by atoms with Crippen LogP contribution in [0.2, 0.25) is 0 Å². The third kappa shape index (κ3) is 3.25. The van der Waals surface area contributed by atoms with Crippen molar-refractivity contribution in [1.29, 1.82) is 0 Å². The molecule has 2 unspecified atom stereocenters. The summed E-state index contributed by atoms with van der Waals surface area (Å²) in [5.74, 6) is -0.0898. The highest BCUT2D eigenvalue weighted by molar-refractivity contribution is 9.10. The van der Waals surface area contributed by atoms with Gasteiger partial charge in [0.15, 0.2) is 0 Å². The van der Waals surface area contributed by atoms with Crippen molar-refractivity contribution >= 4 is 44.8 Å². The van der Waals surface area contributed by atoms with E-state index in [-0.39, 0.29) is 23.8 Å². The fourth-order valence-electron chi connectivity index (χ4n) is 3.84. The van der Waals surface area contributed by atoms with E-state index in [1.54, 1.807) is 16.2 Å². The van der Waals surface area contributed by atoms with Gasteiger partial charge in [-0.15, -0.1) is 0 Å². The van der Waals surface area contributed by atoms with Crippen molar-refractivity contribution in [2.45, 2.75) is 25.3 Å². The molecule has 0 bridgehead atoms. The molecule has 1 aromatic carbocycles. The van der Waals surface area contributed by atoms with Gasteiger partial charge in [-0.3, -0.25) is 9.59 Å². The molecule has 2 fully saturated rings. The smallest absolute Gasteiger partial charge is 0.228 e. The number of carbonyl (C=O) groups excluding carboxylic acids is 2. The highest BCUT2D eigenvalue weighted by Gasteiger charge is 2.40. The van der Waals surface area contributed by atoms with E-state index in [0.29, 0.717) is 13.0 Å². The molecule has 2 aromatic rings. The fraction of sp³-hybridized carbons (Fsp3) is 0.368. The van der Waals surface area contributed by atoms with E-state index in [2.05, 4.69) is 32.8 Å². The number of halogens is 1. The lowest BCUT2D eigenvalue weighted by Gasteiger charge is -2.27. The van der Waals surface area contributed by atoms with Crippen LogP contribution in [-0.4, -0.2) is 29.8 Å². The molecule has 0 radical (unpaired) electrons. The summed E-state index contributed by atoms with van der Waals surface area (Å²) in [5, 5.41) is 4.19. The molecule has 0 N–H and O–H groups in total. The third-order valence-corrected chi connectivity index (χ3v) is 6.25. The van der Waals surface area contributed by atoms with Crippen molar-refractivity contribution in [2.75, 3.05) is 18.0 Å². The average Bonchev–Trinajstić information content (AvgIpc) is 3.34. The van der Waals surface area contributed by atoms with E-state index in [4.69, 9.17) is 0 Å². The summed E-state index contributed by atoms with van der Waals surface area (Å²) in [7, 11) is 0. The molecule has 0 aliphatic carbocycles. The number of benzene rings is 1. The number of rotatable bonds is 3. The van der Waals surface area contributed by atoms with E-state index in [1.807, 2.05) is 29.2 Å². The van der Waals surface area contributed by atoms with Gasteiger partial charge in [0, 0.05) is 29.7 Å². The molecule has 2 atom stereocenters. The lowest BCUT2D eigenvalue weighted by Crippen LogP contribution is -2.37. The molecule has 6 heteroatoms. The number of amides is 2. The van der Waals surface area contributed by atoms with Crippen molar-refractivity contribution in [2.24, 2.45) is 5.92 Å². The van der Waals surface area contributed by atoms with Crippen LogP contribution in [0, 0.1) is 5.92 Å². The van der Waals surface area contributed by atoms with Crippen LogP contribution in [0.5, 0.6) is 0 Å². The average molecular weight is 419 g/mol. The molecule has 130 valence electrons. The maximum Gasteiger partial charge on any atom is 0.228 e. The Kier molecular flexibility index (Phi) is 4.65. The van der Waals surface area contributed by atoms with E-state index >= 15 is 0 Å². The standard InChI is InChI=1S/C19H19BrN2O2S/c20-15-3-1-4-16(10-15)22-11-14(9-18(22)23)19(24)21-7-2-5-17(21)13-6-8-25-12-13/h1,3-4,6,8,10,12,14,17H,2,5,7,9,11H2. The predicted octanol–water partition coefficient (Wildman–Crippen LogP) is 4.23. The van der Waals surface area contributed by atoms with Gasteiger partial charge in [-0.2, -0.15) is 11.3 Å². The van der Waals surface area contributed by atoms with Crippen molar-refractivity contribution in [3.05, 3.63) is 51.1 Å². The number of nitrogens with zero attached hydrogens (tertiary/aromatic N) is 2. The largest absolute Gasteiger partial charge is 0.335 e. The van der Waals surface area contributed by atoms with Crippen molar-refractivity contribution in [1.82, 2.24) is 4.90 Å². The molecule has 4 rings (SSSR count). The summed E-state index contributed by atoms with van der Waals surface area (Å²) in [5.41, 5.74) is 2.08. The molecule has 4 nitrogen and oxygen atoms in total. The van der Waals surface area contributed by atoms with Crippen molar-refractivity contribution in [3.8, 4) is 0 Å². The van der Waals surface area contributed by atoms with Crippen LogP contribution in [0.3, 0.4) is 0 Å². The van der Waals surface area contributed by atoms with Gasteiger partial charge in [-0.1, -0.05) is 22.0 Å². The number of anilines is 1. The Morgan fingerprint density at radius 1 is 1.28 bits per heavy atom. The monoisotopic (exact) mass is 418 g/mol. The summed E-state index contributed by atoms with van der Waals surface area (Å²) >= 11 is 5.11. The zero-order valence-electron chi connectivity index (χ0n) is 13.7. The number of hydrogen-bond acceptors (Lipinski definition) is 3. The zero-order chi connectivity index (χ0) is 17.4. The highest BCUT2D eigenvalue weighted by atomic mass is 79.9. The SMILES string of the molecule is O=C1CC(C(=O)N2CCCC2c2ccsc2)CN1c1cccc(Br)c1. The maximum absolute atomic E-state index is 13.1. The van der Waals surface area contributed by atoms with E-state index < -0.39 is 0 Å². The quantitative estimate of drug-likeness (QED) is 0.747. The lowest BCUT2D eigenvalue weighted by molar-refractivity contribution is -0.136. The van der Waals surface area contributed by atoms with Gasteiger partial charge in [-0.05, 0) is 53.4 Å². The van der Waals surface area contributed by atoms with Crippen LogP contribution in [0.15, 0.2) is 45.6 Å². The Hall–Kier alpha value is -1.66. The molecule has 0 saturated carbocycles.